The summed E-state index contributed by atoms with van der Waals surface area (Å²) in [4.78, 5) is 31.2. The molecule has 40 heavy (non-hydrogen) atoms. The number of imidazole rings is 1. The molecule has 0 aliphatic carbocycles. The molecule has 1 aliphatic heterocycles. The molecule has 6 rings (SSSR count). The van der Waals surface area contributed by atoms with E-state index in [0.29, 0.717) is 34.4 Å². The Morgan fingerprint density at radius 1 is 1.10 bits per heavy atom. The summed E-state index contributed by atoms with van der Waals surface area (Å²) in [5, 5.41) is 11.6. The molecule has 0 spiro atoms. The van der Waals surface area contributed by atoms with Crippen molar-refractivity contribution in [2.45, 2.75) is 0 Å². The SMILES string of the molecule is CN1CCN(CC(=O)N(C)c2ccc(N=C(c3ccc4nccn4c3)c3c(O)[nH]c4cc(F)ccc34)cc2)CC1. The fourth-order valence-corrected chi connectivity index (χ4v) is 5.05. The number of likely N-dealkylation sites (N-methyl/N-ethyl adjacent to an activating group) is 2. The molecule has 10 heteroatoms. The number of pyridine rings is 1. The van der Waals surface area contributed by atoms with Crippen molar-refractivity contribution in [3.8, 4) is 5.88 Å². The van der Waals surface area contributed by atoms with Crippen LogP contribution in [-0.2, 0) is 4.79 Å². The van der Waals surface area contributed by atoms with E-state index < -0.39 is 5.82 Å². The quantitative estimate of drug-likeness (QED) is 0.318. The fourth-order valence-electron chi connectivity index (χ4n) is 5.05. The largest absolute Gasteiger partial charge is 0.494 e. The number of hydrogen-bond donors (Lipinski definition) is 2. The van der Waals surface area contributed by atoms with Gasteiger partial charge in [0.2, 0.25) is 5.91 Å². The summed E-state index contributed by atoms with van der Waals surface area (Å²) in [5.41, 5.74) is 4.39. The van der Waals surface area contributed by atoms with Gasteiger partial charge >= 0.3 is 0 Å². The minimum absolute atomic E-state index is 0.0334. The first-order valence-electron chi connectivity index (χ1n) is 13.2. The summed E-state index contributed by atoms with van der Waals surface area (Å²) >= 11 is 0. The smallest absolute Gasteiger partial charge is 0.240 e. The number of hydrogen-bond acceptors (Lipinski definition) is 6. The van der Waals surface area contributed by atoms with Crippen molar-refractivity contribution in [3.05, 3.63) is 90.1 Å². The van der Waals surface area contributed by atoms with Crippen molar-refractivity contribution >= 4 is 39.5 Å². The Morgan fingerprint density at radius 3 is 2.65 bits per heavy atom. The summed E-state index contributed by atoms with van der Waals surface area (Å²) in [5.74, 6) is -0.470. The lowest BCUT2D eigenvalue weighted by molar-refractivity contribution is -0.119. The molecule has 0 radical (unpaired) electrons. The Bertz CT molecular complexity index is 1720. The third-order valence-corrected chi connectivity index (χ3v) is 7.45. The number of aromatic nitrogens is 3. The van der Waals surface area contributed by atoms with Crippen LogP contribution in [0.1, 0.15) is 11.1 Å². The minimum Gasteiger partial charge on any atom is -0.494 e. The van der Waals surface area contributed by atoms with Crippen molar-refractivity contribution < 1.29 is 14.3 Å². The van der Waals surface area contributed by atoms with E-state index in [0.717, 1.165) is 43.1 Å². The third-order valence-electron chi connectivity index (χ3n) is 7.45. The zero-order valence-electron chi connectivity index (χ0n) is 22.4. The molecule has 5 aromatic rings. The van der Waals surface area contributed by atoms with Gasteiger partial charge in [0, 0.05) is 68.5 Å². The highest BCUT2D eigenvalue weighted by Gasteiger charge is 2.21. The molecule has 0 saturated carbocycles. The maximum atomic E-state index is 13.9. The van der Waals surface area contributed by atoms with E-state index in [9.17, 15) is 14.3 Å². The van der Waals surface area contributed by atoms with Gasteiger partial charge in [0.05, 0.1) is 29.0 Å². The van der Waals surface area contributed by atoms with Crippen LogP contribution in [0, 0.1) is 5.82 Å². The number of fused-ring (bicyclic) bond motifs is 2. The molecular formula is C30H30FN7O2. The van der Waals surface area contributed by atoms with Crippen molar-refractivity contribution in [1.29, 1.82) is 0 Å². The van der Waals surface area contributed by atoms with Crippen LogP contribution in [0.2, 0.25) is 0 Å². The molecule has 1 amide bonds. The van der Waals surface area contributed by atoms with E-state index in [1.165, 1.54) is 12.1 Å². The fraction of sp³-hybridized carbons (Fsp3) is 0.233. The zero-order chi connectivity index (χ0) is 27.8. The topological polar surface area (TPSA) is 92.5 Å². The minimum atomic E-state index is -0.402. The number of piperazine rings is 1. The number of rotatable bonds is 6. The molecule has 1 fully saturated rings. The number of benzene rings is 2. The van der Waals surface area contributed by atoms with Crippen LogP contribution in [0.4, 0.5) is 15.8 Å². The van der Waals surface area contributed by atoms with E-state index in [-0.39, 0.29) is 11.8 Å². The maximum absolute atomic E-state index is 13.9. The van der Waals surface area contributed by atoms with Crippen molar-refractivity contribution in [3.63, 3.8) is 0 Å². The van der Waals surface area contributed by atoms with Crippen LogP contribution >= 0.6 is 0 Å². The number of anilines is 1. The maximum Gasteiger partial charge on any atom is 0.240 e. The van der Waals surface area contributed by atoms with E-state index in [1.807, 2.05) is 53.2 Å². The summed E-state index contributed by atoms with van der Waals surface area (Å²) < 4.78 is 15.8. The van der Waals surface area contributed by atoms with Crippen LogP contribution in [0.3, 0.4) is 0 Å². The second kappa shape index (κ2) is 10.6. The van der Waals surface area contributed by atoms with Gasteiger partial charge in [-0.2, -0.15) is 0 Å². The Kier molecular flexibility index (Phi) is 6.79. The van der Waals surface area contributed by atoms with E-state index >= 15 is 0 Å². The zero-order valence-corrected chi connectivity index (χ0v) is 22.4. The number of aromatic hydroxyl groups is 1. The Hall–Kier alpha value is -4.54. The van der Waals surface area contributed by atoms with Gasteiger partial charge in [0.15, 0.2) is 5.88 Å². The lowest BCUT2D eigenvalue weighted by Gasteiger charge is -2.32. The second-order valence-corrected chi connectivity index (χ2v) is 10.2. The lowest BCUT2D eigenvalue weighted by atomic mass is 10.0. The number of halogens is 1. The highest BCUT2D eigenvalue weighted by Crippen LogP contribution is 2.32. The van der Waals surface area contributed by atoms with Crippen LogP contribution in [0.25, 0.3) is 16.6 Å². The predicted molar refractivity (Wildman–Crippen MR) is 154 cm³/mol. The van der Waals surface area contributed by atoms with Gasteiger partial charge in [-0.25, -0.2) is 14.4 Å². The number of amides is 1. The van der Waals surface area contributed by atoms with Gasteiger partial charge in [-0.15, -0.1) is 0 Å². The Balaban J connectivity index is 1.33. The van der Waals surface area contributed by atoms with Crippen LogP contribution in [-0.4, -0.2) is 87.7 Å². The molecule has 0 atom stereocenters. The van der Waals surface area contributed by atoms with E-state index in [1.54, 1.807) is 24.2 Å². The molecule has 0 bridgehead atoms. The van der Waals surface area contributed by atoms with Crippen molar-refractivity contribution in [2.75, 3.05) is 51.7 Å². The number of aromatic amines is 1. The molecule has 0 unspecified atom stereocenters. The first kappa shape index (κ1) is 25.7. The highest BCUT2D eigenvalue weighted by atomic mass is 19.1. The van der Waals surface area contributed by atoms with Gasteiger partial charge in [-0.05, 0) is 61.6 Å². The average Bonchev–Trinajstić information content (AvgIpc) is 3.55. The molecule has 2 N–H and O–H groups in total. The summed E-state index contributed by atoms with van der Waals surface area (Å²) in [6, 6.07) is 15.5. The number of nitrogens with one attached hydrogen (secondary N) is 1. The van der Waals surface area contributed by atoms with Crippen molar-refractivity contribution in [1.82, 2.24) is 24.2 Å². The van der Waals surface area contributed by atoms with Gasteiger partial charge in [-0.1, -0.05) is 0 Å². The molecule has 204 valence electrons. The predicted octanol–water partition coefficient (Wildman–Crippen LogP) is 4.04. The van der Waals surface area contributed by atoms with Crippen LogP contribution < -0.4 is 4.90 Å². The lowest BCUT2D eigenvalue weighted by Crippen LogP contribution is -2.48. The number of carbonyl (C=O) groups excluding carboxylic acids is 1. The molecule has 9 nitrogen and oxygen atoms in total. The normalized spacial score (nSPS) is 15.2. The Morgan fingerprint density at radius 2 is 1.88 bits per heavy atom. The first-order chi connectivity index (χ1) is 19.4. The number of aliphatic imine (C=N–C) groups is 1. The molecule has 1 saturated heterocycles. The standard InChI is InChI=1S/C30H30FN7O2/c1-35-13-15-37(16-14-35)19-27(39)36(2)23-7-5-22(6-8-23)33-29(20-3-10-26-32-11-12-38(26)18-20)28-24-9-4-21(31)17-25(24)34-30(28)40/h3-12,17-18,34,40H,13-16,19H2,1-2H3. The molecular weight excluding hydrogens is 509 g/mol. The van der Waals surface area contributed by atoms with Gasteiger partial charge < -0.3 is 24.3 Å². The molecule has 3 aromatic heterocycles. The third kappa shape index (κ3) is 5.06. The molecule has 1 aliphatic rings. The van der Waals surface area contributed by atoms with Crippen molar-refractivity contribution in [2.24, 2.45) is 4.99 Å². The molecule has 4 heterocycles. The number of nitrogens with zero attached hydrogens (tertiary/aromatic N) is 6. The van der Waals surface area contributed by atoms with E-state index in [4.69, 9.17) is 4.99 Å². The van der Waals surface area contributed by atoms with Crippen LogP contribution in [0.15, 0.2) is 78.2 Å². The van der Waals surface area contributed by atoms with Crippen LogP contribution in [0.5, 0.6) is 5.88 Å². The van der Waals surface area contributed by atoms with Gasteiger partial charge in [0.25, 0.3) is 0 Å². The summed E-state index contributed by atoms with van der Waals surface area (Å²) in [7, 11) is 3.88. The summed E-state index contributed by atoms with van der Waals surface area (Å²) in [6.07, 6.45) is 5.44. The van der Waals surface area contributed by atoms with Gasteiger partial charge in [0.1, 0.15) is 11.5 Å². The number of H-pyrrole nitrogens is 1. The Labute approximate surface area is 230 Å². The second-order valence-electron chi connectivity index (χ2n) is 10.2. The highest BCUT2D eigenvalue weighted by molar-refractivity contribution is 6.21. The number of carbonyl (C=O) groups is 1. The van der Waals surface area contributed by atoms with E-state index in [2.05, 4.69) is 26.8 Å². The average molecular weight is 540 g/mol. The monoisotopic (exact) mass is 539 g/mol. The first-order valence-corrected chi connectivity index (χ1v) is 13.2. The molecule has 2 aromatic carbocycles. The van der Waals surface area contributed by atoms with Gasteiger partial charge in [-0.3, -0.25) is 9.69 Å². The summed E-state index contributed by atoms with van der Waals surface area (Å²) in [6.45, 7) is 4.06.